The third-order valence-corrected chi connectivity index (χ3v) is 5.97. The molecule has 1 aromatic carbocycles. The molecule has 0 heterocycles. The summed E-state index contributed by atoms with van der Waals surface area (Å²) in [6.45, 7) is 2.16. The zero-order valence-corrected chi connectivity index (χ0v) is 17.9. The molecule has 160 valence electrons. The van der Waals surface area contributed by atoms with E-state index in [0.717, 1.165) is 56.9 Å². The van der Waals surface area contributed by atoms with Gasteiger partial charge in [0, 0.05) is 18.8 Å². The molecule has 0 spiro atoms. The van der Waals surface area contributed by atoms with E-state index < -0.39 is 6.10 Å². The number of benzene rings is 1. The maximum absolute atomic E-state index is 12.4. The predicted octanol–water partition coefficient (Wildman–Crippen LogP) is 5.65. The number of allylic oxidation sites excluding steroid dienone is 2. The van der Waals surface area contributed by atoms with Crippen LogP contribution in [-0.4, -0.2) is 24.0 Å². The number of Topliss-reactive ketones (excluding diaryl/α,β-unsaturated/α-hetero) is 1. The van der Waals surface area contributed by atoms with Gasteiger partial charge < -0.3 is 9.84 Å². The summed E-state index contributed by atoms with van der Waals surface area (Å²) < 4.78 is 4.64. The number of carbonyl (C=O) groups excluding carboxylic acids is 2. The van der Waals surface area contributed by atoms with Gasteiger partial charge in [-0.2, -0.15) is 0 Å². The van der Waals surface area contributed by atoms with Crippen molar-refractivity contribution in [2.24, 2.45) is 5.92 Å². The van der Waals surface area contributed by atoms with Gasteiger partial charge in [0.15, 0.2) is 0 Å². The molecule has 29 heavy (non-hydrogen) atoms. The van der Waals surface area contributed by atoms with E-state index in [1.165, 1.54) is 12.7 Å². The van der Waals surface area contributed by atoms with Gasteiger partial charge in [-0.1, -0.05) is 62.6 Å². The summed E-state index contributed by atoms with van der Waals surface area (Å²) in [5, 5.41) is 10.3. The van der Waals surface area contributed by atoms with Gasteiger partial charge in [-0.25, -0.2) is 0 Å². The van der Waals surface area contributed by atoms with Crippen LogP contribution in [-0.2, 0) is 14.3 Å². The lowest BCUT2D eigenvalue weighted by molar-refractivity contribution is -0.140. The number of methoxy groups -OCH3 is 1. The van der Waals surface area contributed by atoms with Crippen LogP contribution in [0.5, 0.6) is 0 Å². The van der Waals surface area contributed by atoms with Gasteiger partial charge in [0.2, 0.25) is 0 Å². The van der Waals surface area contributed by atoms with Gasteiger partial charge in [-0.3, -0.25) is 9.59 Å². The quantitative estimate of drug-likeness (QED) is 0.280. The maximum Gasteiger partial charge on any atom is 0.305 e. The zero-order chi connectivity index (χ0) is 21.1. The molecule has 0 saturated heterocycles. The Morgan fingerprint density at radius 1 is 1.21 bits per heavy atom. The monoisotopic (exact) mass is 400 g/mol. The number of carbonyl (C=O) groups is 2. The third-order valence-electron chi connectivity index (χ3n) is 5.97. The molecule has 2 rings (SSSR count). The first kappa shape index (κ1) is 23.3. The Morgan fingerprint density at radius 2 is 1.97 bits per heavy atom. The van der Waals surface area contributed by atoms with Crippen molar-refractivity contribution in [1.82, 2.24) is 0 Å². The number of ether oxygens (including phenoxy) is 1. The first-order valence-electron chi connectivity index (χ1n) is 11.1. The normalized spacial score (nSPS) is 20.3. The van der Waals surface area contributed by atoms with Crippen molar-refractivity contribution in [3.05, 3.63) is 47.5 Å². The van der Waals surface area contributed by atoms with Crippen molar-refractivity contribution < 1.29 is 19.4 Å². The van der Waals surface area contributed by atoms with Crippen LogP contribution in [0.15, 0.2) is 36.4 Å². The van der Waals surface area contributed by atoms with Crippen molar-refractivity contribution in [3.63, 3.8) is 0 Å². The summed E-state index contributed by atoms with van der Waals surface area (Å²) in [6.07, 6.45) is 12.2. The molecule has 1 unspecified atom stereocenters. The van der Waals surface area contributed by atoms with Crippen LogP contribution in [0.3, 0.4) is 0 Å². The fourth-order valence-electron chi connectivity index (χ4n) is 4.15. The highest BCUT2D eigenvalue weighted by Crippen LogP contribution is 2.40. The lowest BCUT2D eigenvalue weighted by Crippen LogP contribution is -2.12. The molecule has 0 amide bonds. The zero-order valence-electron chi connectivity index (χ0n) is 17.9. The van der Waals surface area contributed by atoms with Crippen LogP contribution >= 0.6 is 0 Å². The van der Waals surface area contributed by atoms with Crippen LogP contribution < -0.4 is 0 Å². The number of rotatable bonds is 12. The van der Waals surface area contributed by atoms with Crippen molar-refractivity contribution in [2.75, 3.05) is 7.11 Å². The lowest BCUT2D eigenvalue weighted by Gasteiger charge is -2.19. The van der Waals surface area contributed by atoms with Crippen LogP contribution in [0, 0.1) is 5.92 Å². The number of ketones is 1. The summed E-state index contributed by atoms with van der Waals surface area (Å²) in [6, 6.07) is 8.23. The van der Waals surface area contributed by atoms with Crippen molar-refractivity contribution in [3.8, 4) is 0 Å². The smallest absolute Gasteiger partial charge is 0.305 e. The lowest BCUT2D eigenvalue weighted by atomic mass is 9.85. The molecule has 3 atom stereocenters. The Morgan fingerprint density at radius 3 is 2.66 bits per heavy atom. The fourth-order valence-corrected chi connectivity index (χ4v) is 4.15. The van der Waals surface area contributed by atoms with E-state index in [4.69, 9.17) is 0 Å². The minimum absolute atomic E-state index is 0.0344. The highest BCUT2D eigenvalue weighted by Gasteiger charge is 2.34. The highest BCUT2D eigenvalue weighted by atomic mass is 16.5. The first-order valence-corrected chi connectivity index (χ1v) is 11.1. The molecule has 1 saturated carbocycles. The second-order valence-corrected chi connectivity index (χ2v) is 8.07. The summed E-state index contributed by atoms with van der Waals surface area (Å²) >= 11 is 0. The number of aliphatic hydroxyl groups excluding tert-OH is 1. The molecule has 0 bridgehead atoms. The molecule has 0 aliphatic heterocycles. The minimum atomic E-state index is -0.399. The second kappa shape index (κ2) is 12.6. The summed E-state index contributed by atoms with van der Waals surface area (Å²) in [5.74, 6) is 0.460. The van der Waals surface area contributed by atoms with E-state index >= 15 is 0 Å². The number of hydrogen-bond donors (Lipinski definition) is 1. The largest absolute Gasteiger partial charge is 0.469 e. The minimum Gasteiger partial charge on any atom is -0.469 e. The van der Waals surface area contributed by atoms with Gasteiger partial charge >= 0.3 is 5.97 Å². The molecule has 1 aliphatic carbocycles. The number of aliphatic hydroxyl groups is 1. The first-order chi connectivity index (χ1) is 14.1. The Labute approximate surface area is 175 Å². The molecule has 0 radical (unpaired) electrons. The molecule has 1 aliphatic rings. The summed E-state index contributed by atoms with van der Waals surface area (Å²) in [5.41, 5.74) is 2.17. The standard InChI is InChI=1S/C25H36O4/c1-3-4-7-11-23(26)20-15-13-19(14-16-20)21-17-18-24(27)22(21)10-8-5-6-9-12-25(28)29-2/h5,8,13-16,21-23,26H,3-4,6-7,9-12,17-18H2,1-2H3/t21-,22-,23?/m1/s1. The average molecular weight is 401 g/mol. The van der Waals surface area contributed by atoms with Crippen LogP contribution in [0.1, 0.15) is 94.3 Å². The third kappa shape index (κ3) is 7.43. The van der Waals surface area contributed by atoms with Gasteiger partial charge in [-0.15, -0.1) is 0 Å². The molecular formula is C25H36O4. The Bertz CT molecular complexity index is 662. The summed E-state index contributed by atoms with van der Waals surface area (Å²) in [4.78, 5) is 23.5. The van der Waals surface area contributed by atoms with Gasteiger partial charge in [0.25, 0.3) is 0 Å². The van der Waals surface area contributed by atoms with E-state index in [2.05, 4.69) is 35.9 Å². The molecule has 1 N–H and O–H groups in total. The Balaban J connectivity index is 1.88. The Kier molecular flexibility index (Phi) is 10.1. The maximum atomic E-state index is 12.4. The van der Waals surface area contributed by atoms with Gasteiger partial charge in [-0.05, 0) is 49.1 Å². The Hall–Kier alpha value is -1.94. The fraction of sp³-hybridized carbons (Fsp3) is 0.600. The predicted molar refractivity (Wildman–Crippen MR) is 116 cm³/mol. The van der Waals surface area contributed by atoms with E-state index in [1.807, 2.05) is 12.1 Å². The van der Waals surface area contributed by atoms with Gasteiger partial charge in [0.1, 0.15) is 5.78 Å². The van der Waals surface area contributed by atoms with E-state index in [-0.39, 0.29) is 17.8 Å². The second-order valence-electron chi connectivity index (χ2n) is 8.07. The summed E-state index contributed by atoms with van der Waals surface area (Å²) in [7, 11) is 1.41. The number of unbranched alkanes of at least 4 members (excludes halogenated alkanes) is 3. The van der Waals surface area contributed by atoms with Crippen LogP contribution in [0.25, 0.3) is 0 Å². The van der Waals surface area contributed by atoms with E-state index in [0.29, 0.717) is 18.6 Å². The van der Waals surface area contributed by atoms with E-state index in [9.17, 15) is 14.7 Å². The molecule has 0 aromatic heterocycles. The van der Waals surface area contributed by atoms with Crippen molar-refractivity contribution in [2.45, 2.75) is 83.2 Å². The van der Waals surface area contributed by atoms with Gasteiger partial charge in [0.05, 0.1) is 13.2 Å². The molecule has 4 nitrogen and oxygen atoms in total. The van der Waals surface area contributed by atoms with Crippen molar-refractivity contribution in [1.29, 1.82) is 0 Å². The average Bonchev–Trinajstić information content (AvgIpc) is 3.10. The number of hydrogen-bond acceptors (Lipinski definition) is 4. The van der Waals surface area contributed by atoms with E-state index in [1.54, 1.807) is 0 Å². The number of esters is 1. The SMILES string of the molecule is CCCCCC(O)c1ccc([C@H]2CCC(=O)[C@@H]2CC=CCCCC(=O)OC)cc1. The molecular weight excluding hydrogens is 364 g/mol. The van der Waals surface area contributed by atoms with Crippen LogP contribution in [0.4, 0.5) is 0 Å². The molecule has 4 heteroatoms. The van der Waals surface area contributed by atoms with Crippen LogP contribution in [0.2, 0.25) is 0 Å². The highest BCUT2D eigenvalue weighted by molar-refractivity contribution is 5.84. The topological polar surface area (TPSA) is 63.6 Å². The van der Waals surface area contributed by atoms with Crippen molar-refractivity contribution >= 4 is 11.8 Å². The molecule has 1 aromatic rings. The molecule has 1 fully saturated rings.